The van der Waals surface area contributed by atoms with Crippen LogP contribution in [0.3, 0.4) is 0 Å². The lowest BCUT2D eigenvalue weighted by atomic mass is 10.2. The number of aliphatic hydroxyl groups is 1. The minimum absolute atomic E-state index is 0.221. The Balaban J connectivity index is 2.18. The fraction of sp³-hybridized carbons (Fsp3) is 0.333. The van der Waals surface area contributed by atoms with E-state index in [0.717, 1.165) is 36.1 Å². The first-order valence-corrected chi connectivity index (χ1v) is 5.66. The first kappa shape index (κ1) is 11.6. The van der Waals surface area contributed by atoms with Crippen LogP contribution in [0, 0.1) is 0 Å². The van der Waals surface area contributed by atoms with Crippen molar-refractivity contribution in [3.05, 3.63) is 24.5 Å². The Morgan fingerprint density at radius 1 is 1.24 bits per heavy atom. The molecule has 5 heteroatoms. The normalized spacial score (nSPS) is 10.6. The fourth-order valence-corrected chi connectivity index (χ4v) is 1.66. The van der Waals surface area contributed by atoms with Gasteiger partial charge in [0.05, 0.1) is 5.52 Å². The van der Waals surface area contributed by atoms with E-state index in [2.05, 4.69) is 15.3 Å². The zero-order valence-corrected chi connectivity index (χ0v) is 9.56. The van der Waals surface area contributed by atoms with Crippen LogP contribution < -0.4 is 11.1 Å². The number of nitrogen functional groups attached to an aromatic ring is 1. The largest absolute Gasteiger partial charge is 0.399 e. The molecule has 1 heterocycles. The van der Waals surface area contributed by atoms with Crippen LogP contribution in [-0.4, -0.2) is 28.2 Å². The number of nitrogens with zero attached hydrogens (tertiary/aromatic N) is 2. The average Bonchev–Trinajstić information content (AvgIpc) is 2.35. The number of nitrogens with two attached hydrogens (primary N) is 1. The van der Waals surface area contributed by atoms with E-state index in [-0.39, 0.29) is 6.61 Å². The Bertz CT molecular complexity index is 501. The van der Waals surface area contributed by atoms with Gasteiger partial charge >= 0.3 is 0 Å². The molecule has 1 aromatic carbocycles. The van der Waals surface area contributed by atoms with Crippen molar-refractivity contribution in [2.75, 3.05) is 24.2 Å². The molecule has 2 aromatic rings. The van der Waals surface area contributed by atoms with Crippen LogP contribution in [0.15, 0.2) is 24.5 Å². The summed E-state index contributed by atoms with van der Waals surface area (Å²) < 4.78 is 0. The number of nitrogens with one attached hydrogen (secondary N) is 1. The quantitative estimate of drug-likeness (QED) is 0.536. The summed E-state index contributed by atoms with van der Waals surface area (Å²) in [7, 11) is 0. The molecule has 0 aliphatic heterocycles. The molecule has 0 unspecified atom stereocenters. The van der Waals surface area contributed by atoms with Crippen molar-refractivity contribution < 1.29 is 5.11 Å². The molecular formula is C12H16N4O. The monoisotopic (exact) mass is 232 g/mol. The van der Waals surface area contributed by atoms with Crippen LogP contribution in [0.1, 0.15) is 12.8 Å². The van der Waals surface area contributed by atoms with E-state index in [0.29, 0.717) is 5.69 Å². The molecule has 0 bridgehead atoms. The zero-order valence-electron chi connectivity index (χ0n) is 9.56. The zero-order chi connectivity index (χ0) is 12.1. The van der Waals surface area contributed by atoms with Gasteiger partial charge in [0.2, 0.25) is 0 Å². The summed E-state index contributed by atoms with van der Waals surface area (Å²) in [5, 5.41) is 12.9. The van der Waals surface area contributed by atoms with E-state index in [1.54, 1.807) is 0 Å². The number of rotatable bonds is 5. The molecule has 0 aliphatic rings. The molecule has 0 saturated carbocycles. The van der Waals surface area contributed by atoms with Crippen LogP contribution in [0.5, 0.6) is 0 Å². The Morgan fingerprint density at radius 3 is 2.94 bits per heavy atom. The molecule has 5 nitrogen and oxygen atoms in total. The first-order valence-electron chi connectivity index (χ1n) is 5.66. The Hall–Kier alpha value is -1.88. The van der Waals surface area contributed by atoms with Gasteiger partial charge in [-0.15, -0.1) is 0 Å². The molecule has 0 amide bonds. The number of aliphatic hydroxyl groups excluding tert-OH is 1. The Morgan fingerprint density at radius 2 is 2.12 bits per heavy atom. The van der Waals surface area contributed by atoms with Crippen molar-refractivity contribution >= 4 is 22.4 Å². The molecule has 2 rings (SSSR count). The molecule has 90 valence electrons. The number of aromatic nitrogens is 2. The van der Waals surface area contributed by atoms with Crippen molar-refractivity contribution in [1.29, 1.82) is 0 Å². The van der Waals surface area contributed by atoms with Gasteiger partial charge in [-0.1, -0.05) is 0 Å². The Labute approximate surface area is 99.7 Å². The van der Waals surface area contributed by atoms with Gasteiger partial charge in [0.15, 0.2) is 0 Å². The van der Waals surface area contributed by atoms with Gasteiger partial charge in [0.25, 0.3) is 0 Å². The summed E-state index contributed by atoms with van der Waals surface area (Å²) in [5.74, 6) is 0.792. The highest BCUT2D eigenvalue weighted by atomic mass is 16.2. The standard InChI is InChI=1S/C12H16N4O/c13-9-3-4-11-10(7-9)12(16-8-15-11)14-5-1-2-6-17/h3-4,7-8,17H,1-2,5-6,13H2,(H,14,15,16). The summed E-state index contributed by atoms with van der Waals surface area (Å²) in [4.78, 5) is 8.39. The van der Waals surface area contributed by atoms with Crippen molar-refractivity contribution in [3.63, 3.8) is 0 Å². The van der Waals surface area contributed by atoms with E-state index in [4.69, 9.17) is 10.8 Å². The number of hydrogen-bond acceptors (Lipinski definition) is 5. The van der Waals surface area contributed by atoms with Crippen LogP contribution in [0.2, 0.25) is 0 Å². The van der Waals surface area contributed by atoms with E-state index in [1.165, 1.54) is 6.33 Å². The van der Waals surface area contributed by atoms with Crippen LogP contribution in [-0.2, 0) is 0 Å². The molecular weight excluding hydrogens is 216 g/mol. The average molecular weight is 232 g/mol. The minimum Gasteiger partial charge on any atom is -0.399 e. The van der Waals surface area contributed by atoms with Gasteiger partial charge < -0.3 is 16.2 Å². The predicted octanol–water partition coefficient (Wildman–Crippen LogP) is 1.40. The smallest absolute Gasteiger partial charge is 0.137 e. The SMILES string of the molecule is Nc1ccc2ncnc(NCCCCO)c2c1. The van der Waals surface area contributed by atoms with Crippen molar-refractivity contribution in [1.82, 2.24) is 9.97 Å². The first-order chi connectivity index (χ1) is 8.31. The summed E-state index contributed by atoms with van der Waals surface area (Å²) in [5.41, 5.74) is 7.33. The number of fused-ring (bicyclic) bond motifs is 1. The van der Waals surface area contributed by atoms with Gasteiger partial charge in [0.1, 0.15) is 12.1 Å². The predicted molar refractivity (Wildman–Crippen MR) is 68.8 cm³/mol. The summed E-state index contributed by atoms with van der Waals surface area (Å²) in [6.07, 6.45) is 3.23. The molecule has 0 aliphatic carbocycles. The minimum atomic E-state index is 0.221. The van der Waals surface area contributed by atoms with Crippen molar-refractivity contribution in [3.8, 4) is 0 Å². The number of anilines is 2. The second kappa shape index (κ2) is 5.45. The van der Waals surface area contributed by atoms with Crippen LogP contribution in [0.25, 0.3) is 10.9 Å². The molecule has 1 aromatic heterocycles. The fourth-order valence-electron chi connectivity index (χ4n) is 1.66. The van der Waals surface area contributed by atoms with Gasteiger partial charge in [-0.05, 0) is 31.0 Å². The summed E-state index contributed by atoms with van der Waals surface area (Å²) in [6, 6.07) is 5.57. The van der Waals surface area contributed by atoms with E-state index < -0.39 is 0 Å². The highest BCUT2D eigenvalue weighted by Gasteiger charge is 2.03. The van der Waals surface area contributed by atoms with Gasteiger partial charge in [0, 0.05) is 24.2 Å². The number of benzene rings is 1. The van der Waals surface area contributed by atoms with Crippen molar-refractivity contribution in [2.45, 2.75) is 12.8 Å². The number of hydrogen-bond donors (Lipinski definition) is 3. The summed E-state index contributed by atoms with van der Waals surface area (Å²) in [6.45, 7) is 1.00. The molecule has 0 fully saturated rings. The lowest BCUT2D eigenvalue weighted by Crippen LogP contribution is -2.05. The third kappa shape index (κ3) is 2.82. The number of unbranched alkanes of at least 4 members (excludes halogenated alkanes) is 1. The maximum absolute atomic E-state index is 8.70. The maximum Gasteiger partial charge on any atom is 0.137 e. The highest BCUT2D eigenvalue weighted by Crippen LogP contribution is 2.21. The second-order valence-corrected chi connectivity index (χ2v) is 3.86. The topological polar surface area (TPSA) is 84.1 Å². The van der Waals surface area contributed by atoms with E-state index in [1.807, 2.05) is 18.2 Å². The summed E-state index contributed by atoms with van der Waals surface area (Å²) >= 11 is 0. The molecule has 0 radical (unpaired) electrons. The van der Waals surface area contributed by atoms with Gasteiger partial charge in [-0.25, -0.2) is 9.97 Å². The second-order valence-electron chi connectivity index (χ2n) is 3.86. The van der Waals surface area contributed by atoms with Crippen LogP contribution in [0.4, 0.5) is 11.5 Å². The molecule has 0 spiro atoms. The Kier molecular flexibility index (Phi) is 3.72. The third-order valence-electron chi connectivity index (χ3n) is 2.54. The van der Waals surface area contributed by atoms with Crippen molar-refractivity contribution in [2.24, 2.45) is 0 Å². The lowest BCUT2D eigenvalue weighted by Gasteiger charge is -2.08. The van der Waals surface area contributed by atoms with E-state index in [9.17, 15) is 0 Å². The molecule has 0 saturated heterocycles. The van der Waals surface area contributed by atoms with Crippen LogP contribution >= 0.6 is 0 Å². The highest BCUT2D eigenvalue weighted by molar-refractivity contribution is 5.91. The molecule has 0 atom stereocenters. The van der Waals surface area contributed by atoms with E-state index >= 15 is 0 Å². The molecule has 4 N–H and O–H groups in total. The third-order valence-corrected chi connectivity index (χ3v) is 2.54. The lowest BCUT2D eigenvalue weighted by molar-refractivity contribution is 0.286. The maximum atomic E-state index is 8.70. The van der Waals surface area contributed by atoms with Gasteiger partial charge in [-0.2, -0.15) is 0 Å². The molecule has 17 heavy (non-hydrogen) atoms. The van der Waals surface area contributed by atoms with Gasteiger partial charge in [-0.3, -0.25) is 0 Å².